The highest BCUT2D eigenvalue weighted by Crippen LogP contribution is 1.97. The monoisotopic (exact) mass is 245 g/mol. The van der Waals surface area contributed by atoms with E-state index in [0.717, 1.165) is 19.6 Å². The Labute approximate surface area is 104 Å². The predicted octanol–water partition coefficient (Wildman–Crippen LogP) is 0.853. The molecule has 5 heteroatoms. The third kappa shape index (κ3) is 6.74. The summed E-state index contributed by atoms with van der Waals surface area (Å²) in [5.41, 5.74) is 5.39. The number of carbonyl (C=O) groups excluding carboxylic acids is 1. The Morgan fingerprint density at radius 2 is 1.75 bits per heavy atom. The molecule has 0 aliphatic rings. The van der Waals surface area contributed by atoms with E-state index in [1.165, 1.54) is 0 Å². The first-order valence-electron chi connectivity index (χ1n) is 5.75. The first kappa shape index (κ1) is 15.3. The summed E-state index contributed by atoms with van der Waals surface area (Å²) in [7, 11) is 1.79. The van der Waals surface area contributed by atoms with Gasteiger partial charge in [0.2, 0.25) is 5.91 Å². The Kier molecular flexibility index (Phi) is 8.11. The summed E-state index contributed by atoms with van der Waals surface area (Å²) < 4.78 is 0. The van der Waals surface area contributed by atoms with Crippen LogP contribution in [0, 0.1) is 0 Å². The van der Waals surface area contributed by atoms with Crippen molar-refractivity contribution in [2.45, 2.75) is 26.7 Å². The second-order valence-electron chi connectivity index (χ2n) is 3.81. The van der Waals surface area contributed by atoms with Gasteiger partial charge in [-0.05, 0) is 13.1 Å². The highest BCUT2D eigenvalue weighted by atomic mass is 32.1. The van der Waals surface area contributed by atoms with Gasteiger partial charge in [-0.1, -0.05) is 26.1 Å². The summed E-state index contributed by atoms with van der Waals surface area (Å²) in [5, 5.41) is 0. The zero-order chi connectivity index (χ0) is 12.6. The molecule has 0 atom stereocenters. The molecule has 0 aliphatic heterocycles. The number of hydrogen-bond donors (Lipinski definition) is 1. The topological polar surface area (TPSA) is 49.6 Å². The van der Waals surface area contributed by atoms with Crippen LogP contribution in [0.15, 0.2) is 0 Å². The molecule has 0 fully saturated rings. The maximum Gasteiger partial charge on any atom is 0.223 e. The molecule has 16 heavy (non-hydrogen) atoms. The molecule has 0 unspecified atom stereocenters. The van der Waals surface area contributed by atoms with E-state index in [1.807, 2.05) is 0 Å². The highest BCUT2D eigenvalue weighted by Gasteiger charge is 2.10. The average Bonchev–Trinajstić information content (AvgIpc) is 2.26. The second-order valence-corrected chi connectivity index (χ2v) is 4.33. The predicted molar refractivity (Wildman–Crippen MR) is 71.4 cm³/mol. The Bertz CT molecular complexity index is 229. The Morgan fingerprint density at radius 1 is 1.19 bits per heavy atom. The number of carbonyl (C=O) groups is 1. The van der Waals surface area contributed by atoms with Crippen molar-refractivity contribution in [3.05, 3.63) is 0 Å². The molecule has 4 nitrogen and oxygen atoms in total. The summed E-state index contributed by atoms with van der Waals surface area (Å²) in [6.07, 6.45) is 1.17. The lowest BCUT2D eigenvalue weighted by Crippen LogP contribution is -2.33. The molecule has 0 rings (SSSR count). The lowest BCUT2D eigenvalue weighted by Gasteiger charge is -2.21. The van der Waals surface area contributed by atoms with Gasteiger partial charge in [0, 0.05) is 33.0 Å². The fraction of sp³-hybridized carbons (Fsp3) is 0.818. The summed E-state index contributed by atoms with van der Waals surface area (Å²) in [4.78, 5) is 16.1. The summed E-state index contributed by atoms with van der Waals surface area (Å²) >= 11 is 4.78. The van der Waals surface area contributed by atoms with E-state index < -0.39 is 0 Å². The van der Waals surface area contributed by atoms with Gasteiger partial charge in [0.25, 0.3) is 0 Å². The largest absolute Gasteiger partial charge is 0.393 e. The van der Waals surface area contributed by atoms with Gasteiger partial charge in [-0.15, -0.1) is 0 Å². The maximum absolute atomic E-state index is 11.7. The molecule has 2 N–H and O–H groups in total. The van der Waals surface area contributed by atoms with Gasteiger partial charge >= 0.3 is 0 Å². The zero-order valence-electron chi connectivity index (χ0n) is 10.5. The summed E-state index contributed by atoms with van der Waals surface area (Å²) in [5.74, 6) is 0.156. The quantitative estimate of drug-likeness (QED) is 0.644. The smallest absolute Gasteiger partial charge is 0.223 e. The zero-order valence-corrected chi connectivity index (χ0v) is 11.3. The van der Waals surface area contributed by atoms with Gasteiger partial charge < -0.3 is 15.5 Å². The van der Waals surface area contributed by atoms with E-state index in [1.54, 1.807) is 11.9 Å². The Balaban J connectivity index is 3.82. The van der Waals surface area contributed by atoms with Crippen LogP contribution in [-0.2, 0) is 4.79 Å². The van der Waals surface area contributed by atoms with Gasteiger partial charge in [0.05, 0.1) is 4.99 Å². The van der Waals surface area contributed by atoms with Crippen molar-refractivity contribution in [3.63, 3.8) is 0 Å². The van der Waals surface area contributed by atoms with Crippen molar-refractivity contribution >= 4 is 23.1 Å². The van der Waals surface area contributed by atoms with Crippen LogP contribution in [0.1, 0.15) is 26.7 Å². The molecule has 0 spiro atoms. The third-order valence-electron chi connectivity index (χ3n) is 2.66. The maximum atomic E-state index is 11.7. The average molecular weight is 245 g/mol. The van der Waals surface area contributed by atoms with Gasteiger partial charge in [0.1, 0.15) is 0 Å². The van der Waals surface area contributed by atoms with Crippen molar-refractivity contribution in [1.82, 2.24) is 9.80 Å². The number of thiocarbonyl (C=S) groups is 1. The van der Waals surface area contributed by atoms with Crippen LogP contribution >= 0.6 is 12.2 Å². The van der Waals surface area contributed by atoms with E-state index in [2.05, 4.69) is 18.7 Å². The summed E-state index contributed by atoms with van der Waals surface area (Å²) in [6.45, 7) is 7.62. The van der Waals surface area contributed by atoms with Crippen molar-refractivity contribution in [2.75, 3.05) is 33.2 Å². The molecule has 0 bridgehead atoms. The minimum atomic E-state index is 0.156. The van der Waals surface area contributed by atoms with E-state index in [4.69, 9.17) is 18.0 Å². The van der Waals surface area contributed by atoms with Crippen LogP contribution in [0.2, 0.25) is 0 Å². The van der Waals surface area contributed by atoms with Crippen LogP contribution in [0.3, 0.4) is 0 Å². The van der Waals surface area contributed by atoms with E-state index >= 15 is 0 Å². The van der Waals surface area contributed by atoms with Crippen LogP contribution < -0.4 is 5.73 Å². The lowest BCUT2D eigenvalue weighted by molar-refractivity contribution is -0.130. The molecule has 94 valence electrons. The van der Waals surface area contributed by atoms with Crippen molar-refractivity contribution < 1.29 is 4.79 Å². The van der Waals surface area contributed by atoms with E-state index in [-0.39, 0.29) is 5.91 Å². The first-order valence-corrected chi connectivity index (χ1v) is 6.16. The minimum Gasteiger partial charge on any atom is -0.393 e. The SMILES string of the molecule is CCN(CC)CCC(=O)N(C)CCC(N)=S. The number of rotatable bonds is 8. The van der Waals surface area contributed by atoms with Crippen molar-refractivity contribution in [1.29, 1.82) is 0 Å². The third-order valence-corrected chi connectivity index (χ3v) is 2.86. The molecule has 0 heterocycles. The molecule has 0 aliphatic carbocycles. The number of nitrogens with two attached hydrogens (primary N) is 1. The van der Waals surface area contributed by atoms with Gasteiger partial charge in [0.15, 0.2) is 0 Å². The highest BCUT2D eigenvalue weighted by molar-refractivity contribution is 7.80. The molecule has 0 saturated carbocycles. The number of nitrogens with zero attached hydrogens (tertiary/aromatic N) is 2. The Morgan fingerprint density at radius 3 is 2.19 bits per heavy atom. The van der Waals surface area contributed by atoms with E-state index in [9.17, 15) is 4.79 Å². The molecule has 0 saturated heterocycles. The van der Waals surface area contributed by atoms with Gasteiger partial charge in [-0.3, -0.25) is 4.79 Å². The second kappa shape index (κ2) is 8.47. The first-order chi connectivity index (χ1) is 7.51. The molecule has 0 aromatic heterocycles. The lowest BCUT2D eigenvalue weighted by atomic mass is 10.3. The standard InChI is InChI=1S/C11H23N3OS/c1-4-14(5-2)9-7-11(15)13(3)8-6-10(12)16/h4-9H2,1-3H3,(H2,12,16). The normalized spacial score (nSPS) is 10.5. The van der Waals surface area contributed by atoms with Crippen LogP contribution in [-0.4, -0.2) is 53.9 Å². The molecule has 1 amide bonds. The van der Waals surface area contributed by atoms with Crippen molar-refractivity contribution in [3.8, 4) is 0 Å². The molecule has 0 radical (unpaired) electrons. The van der Waals surface area contributed by atoms with Crippen LogP contribution in [0.5, 0.6) is 0 Å². The van der Waals surface area contributed by atoms with Gasteiger partial charge in [-0.25, -0.2) is 0 Å². The van der Waals surface area contributed by atoms with Crippen molar-refractivity contribution in [2.24, 2.45) is 5.73 Å². The molecule has 0 aromatic rings. The number of hydrogen-bond acceptors (Lipinski definition) is 3. The molecular formula is C11H23N3OS. The van der Waals surface area contributed by atoms with Gasteiger partial charge in [-0.2, -0.15) is 0 Å². The fourth-order valence-electron chi connectivity index (χ4n) is 1.39. The number of amides is 1. The Hall–Kier alpha value is -0.680. The molecule has 0 aromatic carbocycles. The van der Waals surface area contributed by atoms with Crippen LogP contribution in [0.4, 0.5) is 0 Å². The van der Waals surface area contributed by atoms with E-state index in [0.29, 0.717) is 24.4 Å². The minimum absolute atomic E-state index is 0.156. The van der Waals surface area contributed by atoms with Crippen LogP contribution in [0.25, 0.3) is 0 Å². The molecular weight excluding hydrogens is 222 g/mol. The fourth-order valence-corrected chi connectivity index (χ4v) is 1.48. The summed E-state index contributed by atoms with van der Waals surface area (Å²) in [6, 6.07) is 0.